The number of nitrogens with zero attached hydrogens (tertiary/aromatic N) is 3. The van der Waals surface area contributed by atoms with Crippen LogP contribution in [-0.2, 0) is 36.1 Å². The van der Waals surface area contributed by atoms with E-state index in [0.717, 1.165) is 44.6 Å². The van der Waals surface area contributed by atoms with Crippen LogP contribution in [0.15, 0.2) is 79.0 Å². The van der Waals surface area contributed by atoms with Crippen molar-refractivity contribution >= 4 is 29.4 Å². The van der Waals surface area contributed by atoms with Gasteiger partial charge in [-0.05, 0) is 36.1 Å². The van der Waals surface area contributed by atoms with E-state index in [2.05, 4.69) is 34.3 Å². The number of rotatable bonds is 8. The Morgan fingerprint density at radius 3 is 2.00 bits per heavy atom. The molecule has 1 aromatic carbocycles. The zero-order chi connectivity index (χ0) is 30.5. The van der Waals surface area contributed by atoms with Crippen molar-refractivity contribution in [2.24, 2.45) is 0 Å². The lowest BCUT2D eigenvalue weighted by Gasteiger charge is -2.39. The molecule has 0 radical (unpaired) electrons. The molecule has 13 heteroatoms. The second-order valence-corrected chi connectivity index (χ2v) is 9.20. The van der Waals surface area contributed by atoms with Crippen molar-refractivity contribution in [2.45, 2.75) is 25.0 Å². The van der Waals surface area contributed by atoms with Crippen molar-refractivity contribution in [1.29, 1.82) is 0 Å². The van der Waals surface area contributed by atoms with Crippen molar-refractivity contribution in [3.05, 3.63) is 90.2 Å². The molecule has 4 N–H and O–H groups in total. The van der Waals surface area contributed by atoms with Gasteiger partial charge >= 0.3 is 23.9 Å². The summed E-state index contributed by atoms with van der Waals surface area (Å²) in [7, 11) is 0. The third kappa shape index (κ3) is 9.57. The molecule has 222 valence electrons. The number of carboxylic acid groups (broad SMARTS) is 4. The van der Waals surface area contributed by atoms with Crippen LogP contribution in [-0.4, -0.2) is 85.1 Å². The van der Waals surface area contributed by atoms with Gasteiger partial charge < -0.3 is 29.9 Å². The number of piperidine rings is 1. The van der Waals surface area contributed by atoms with E-state index in [1.165, 1.54) is 11.1 Å². The van der Waals surface area contributed by atoms with Gasteiger partial charge in [0, 0.05) is 56.2 Å². The third-order valence-electron chi connectivity index (χ3n) is 6.42. The summed E-state index contributed by atoms with van der Waals surface area (Å²) in [5.74, 6) is -4.34. The lowest BCUT2D eigenvalue weighted by molar-refractivity contribution is -0.134. The number of carbonyl (C=O) groups is 4. The second-order valence-electron chi connectivity index (χ2n) is 9.20. The lowest BCUT2D eigenvalue weighted by Crippen LogP contribution is -2.43. The maximum atomic E-state index is 9.55. The zero-order valence-electron chi connectivity index (χ0n) is 22.5. The summed E-state index contributed by atoms with van der Waals surface area (Å²) >= 11 is 0. The molecule has 0 amide bonds. The molecule has 3 aromatic rings. The Labute approximate surface area is 240 Å². The van der Waals surface area contributed by atoms with Crippen LogP contribution in [0.2, 0.25) is 0 Å². The van der Waals surface area contributed by atoms with E-state index in [0.29, 0.717) is 36.8 Å². The maximum Gasteiger partial charge on any atom is 0.328 e. The average molecular weight is 582 g/mol. The molecule has 5 rings (SSSR count). The smallest absolute Gasteiger partial charge is 0.328 e. The average Bonchev–Trinajstić information content (AvgIpc) is 3.54. The molecule has 2 aliphatic rings. The topological polar surface area (TPSA) is 188 Å². The van der Waals surface area contributed by atoms with Gasteiger partial charge in [0.2, 0.25) is 5.88 Å². The Balaban J connectivity index is 0.000000252. The molecule has 2 aromatic heterocycles. The standard InChI is InChI=1S/C21H23N3O2.2C4H4O4/c1-2-7-19-17(5-1)16-26-21(19)8-11-23(12-9-21)13-14-25-20-15-18-6-3-4-10-24(18)22-20;2*5-3(6)1-2-4(7)8/h1-7,10,15H,8-9,11-14,16H2;2*1-2H,(H,5,6)(H,7,8)/b;2*2-1-. The van der Waals surface area contributed by atoms with Crippen LogP contribution in [0.5, 0.6) is 5.88 Å². The number of pyridine rings is 1. The number of ether oxygens (including phenoxy) is 2. The van der Waals surface area contributed by atoms with Crippen molar-refractivity contribution in [3.63, 3.8) is 0 Å². The molecule has 1 spiro atoms. The van der Waals surface area contributed by atoms with Gasteiger partial charge in [-0.1, -0.05) is 30.3 Å². The van der Waals surface area contributed by atoms with Crippen LogP contribution in [0.25, 0.3) is 5.52 Å². The Kier molecular flexibility index (Phi) is 11.3. The molecule has 4 heterocycles. The van der Waals surface area contributed by atoms with Gasteiger partial charge in [0.1, 0.15) is 6.61 Å². The molecule has 1 fully saturated rings. The van der Waals surface area contributed by atoms with E-state index in [-0.39, 0.29) is 5.60 Å². The predicted molar refractivity (Wildman–Crippen MR) is 148 cm³/mol. The van der Waals surface area contributed by atoms with Gasteiger partial charge in [-0.25, -0.2) is 23.7 Å². The van der Waals surface area contributed by atoms with E-state index in [9.17, 15) is 19.2 Å². The number of hydrogen-bond acceptors (Lipinski definition) is 8. The van der Waals surface area contributed by atoms with Crippen LogP contribution in [0, 0.1) is 0 Å². The van der Waals surface area contributed by atoms with Crippen LogP contribution in [0.4, 0.5) is 0 Å². The molecule has 0 aliphatic carbocycles. The molecule has 0 bridgehead atoms. The number of fused-ring (bicyclic) bond motifs is 3. The fraction of sp³-hybridized carbons (Fsp3) is 0.276. The number of benzene rings is 1. The molecule has 13 nitrogen and oxygen atoms in total. The van der Waals surface area contributed by atoms with E-state index in [4.69, 9.17) is 29.9 Å². The SMILES string of the molecule is O=C(O)/C=C\C(=O)O.O=C(O)/C=C\C(=O)O.c1ccc2c(c1)COC21CCN(CCOc2cc3ccccn3n2)CC1. The summed E-state index contributed by atoms with van der Waals surface area (Å²) in [6.45, 7) is 4.43. The van der Waals surface area contributed by atoms with Gasteiger partial charge in [-0.2, -0.15) is 0 Å². The first-order valence-corrected chi connectivity index (χ1v) is 12.9. The summed E-state index contributed by atoms with van der Waals surface area (Å²) in [5, 5.41) is 35.7. The summed E-state index contributed by atoms with van der Waals surface area (Å²) < 4.78 is 13.9. The minimum Gasteiger partial charge on any atom is -0.478 e. The highest BCUT2D eigenvalue weighted by Gasteiger charge is 2.42. The van der Waals surface area contributed by atoms with Crippen molar-refractivity contribution in [3.8, 4) is 5.88 Å². The van der Waals surface area contributed by atoms with E-state index < -0.39 is 23.9 Å². The van der Waals surface area contributed by atoms with E-state index >= 15 is 0 Å². The first kappa shape index (κ1) is 31.5. The summed E-state index contributed by atoms with van der Waals surface area (Å²) in [4.78, 5) is 40.7. The summed E-state index contributed by atoms with van der Waals surface area (Å²) in [5.41, 5.74) is 3.76. The highest BCUT2D eigenvalue weighted by atomic mass is 16.5. The highest BCUT2D eigenvalue weighted by Crippen LogP contribution is 2.43. The largest absolute Gasteiger partial charge is 0.478 e. The van der Waals surface area contributed by atoms with Crippen molar-refractivity contribution < 1.29 is 49.1 Å². The molecular weight excluding hydrogens is 550 g/mol. The van der Waals surface area contributed by atoms with Crippen LogP contribution in [0.1, 0.15) is 24.0 Å². The summed E-state index contributed by atoms with van der Waals surface area (Å²) in [6.07, 6.45) is 6.28. The number of carboxylic acids is 4. The molecule has 42 heavy (non-hydrogen) atoms. The fourth-order valence-electron chi connectivity index (χ4n) is 4.49. The Morgan fingerprint density at radius 1 is 0.857 bits per heavy atom. The van der Waals surface area contributed by atoms with Gasteiger partial charge in [-0.15, -0.1) is 5.10 Å². The number of aliphatic carboxylic acids is 4. The van der Waals surface area contributed by atoms with Crippen LogP contribution in [0.3, 0.4) is 0 Å². The van der Waals surface area contributed by atoms with Gasteiger partial charge in [0.15, 0.2) is 0 Å². The molecule has 0 saturated carbocycles. The quantitative estimate of drug-likeness (QED) is 0.285. The van der Waals surface area contributed by atoms with Crippen LogP contribution >= 0.6 is 0 Å². The van der Waals surface area contributed by atoms with Gasteiger partial charge in [-0.3, -0.25) is 4.90 Å². The van der Waals surface area contributed by atoms with Crippen LogP contribution < -0.4 is 4.74 Å². The number of aromatic nitrogens is 2. The highest BCUT2D eigenvalue weighted by molar-refractivity contribution is 5.90. The Hall–Kier alpha value is -5.01. The molecule has 0 atom stereocenters. The molecule has 1 saturated heterocycles. The Bertz CT molecular complexity index is 1360. The monoisotopic (exact) mass is 581 g/mol. The van der Waals surface area contributed by atoms with E-state index in [1.807, 2.05) is 35.0 Å². The minimum absolute atomic E-state index is 0.0600. The van der Waals surface area contributed by atoms with Crippen molar-refractivity contribution in [2.75, 3.05) is 26.2 Å². The lowest BCUT2D eigenvalue weighted by atomic mass is 9.84. The van der Waals surface area contributed by atoms with E-state index in [1.54, 1.807) is 0 Å². The zero-order valence-corrected chi connectivity index (χ0v) is 22.5. The van der Waals surface area contributed by atoms with Gasteiger partial charge in [0.05, 0.1) is 17.7 Å². The first-order valence-electron chi connectivity index (χ1n) is 12.9. The second kappa shape index (κ2) is 15.1. The molecule has 2 aliphatic heterocycles. The fourth-order valence-corrected chi connectivity index (χ4v) is 4.49. The molecular formula is C29H31N3O10. The number of hydrogen-bond donors (Lipinski definition) is 4. The van der Waals surface area contributed by atoms with Gasteiger partial charge in [0.25, 0.3) is 0 Å². The molecule has 0 unspecified atom stereocenters. The minimum atomic E-state index is -1.26. The Morgan fingerprint density at radius 2 is 1.43 bits per heavy atom. The third-order valence-corrected chi connectivity index (χ3v) is 6.42. The first-order chi connectivity index (χ1) is 20.1. The predicted octanol–water partition coefficient (Wildman–Crippen LogP) is 2.66. The number of likely N-dealkylation sites (tertiary alicyclic amines) is 1. The summed E-state index contributed by atoms with van der Waals surface area (Å²) in [6, 6.07) is 16.7. The maximum absolute atomic E-state index is 9.55. The normalized spacial score (nSPS) is 15.4. The van der Waals surface area contributed by atoms with Crippen molar-refractivity contribution in [1.82, 2.24) is 14.5 Å².